The molecule has 110 valence electrons. The molecular formula is C16H18N2O2S. The van der Waals surface area contributed by atoms with Crippen LogP contribution in [-0.4, -0.2) is 17.0 Å². The van der Waals surface area contributed by atoms with Gasteiger partial charge in [0.05, 0.1) is 11.7 Å². The van der Waals surface area contributed by atoms with Gasteiger partial charge < -0.3 is 15.0 Å². The highest BCUT2D eigenvalue weighted by atomic mass is 32.1. The Bertz CT molecular complexity index is 662. The first-order chi connectivity index (χ1) is 10.1. The Morgan fingerprint density at radius 2 is 2.00 bits per heavy atom. The summed E-state index contributed by atoms with van der Waals surface area (Å²) in [5.74, 6) is 0.643. The van der Waals surface area contributed by atoms with E-state index in [2.05, 4.69) is 10.3 Å². The summed E-state index contributed by atoms with van der Waals surface area (Å²) >= 11 is 5.08. The van der Waals surface area contributed by atoms with E-state index in [1.54, 1.807) is 18.3 Å². The Labute approximate surface area is 129 Å². The minimum atomic E-state index is -0.181. The third-order valence-corrected chi connectivity index (χ3v) is 3.15. The number of amides is 1. The number of carbonyl (C=O) groups is 1. The van der Waals surface area contributed by atoms with E-state index in [4.69, 9.17) is 17.0 Å². The molecule has 0 bridgehead atoms. The van der Waals surface area contributed by atoms with Crippen molar-refractivity contribution in [2.75, 3.05) is 0 Å². The van der Waals surface area contributed by atoms with Gasteiger partial charge in [-0.05, 0) is 43.7 Å². The molecule has 0 atom stereocenters. The van der Waals surface area contributed by atoms with Gasteiger partial charge in [-0.3, -0.25) is 4.79 Å². The molecule has 2 aromatic rings. The molecule has 1 aromatic carbocycles. The van der Waals surface area contributed by atoms with Crippen molar-refractivity contribution in [1.82, 2.24) is 10.3 Å². The maximum atomic E-state index is 12.0. The largest absolute Gasteiger partial charge is 0.491 e. The van der Waals surface area contributed by atoms with Crippen molar-refractivity contribution in [3.63, 3.8) is 0 Å². The summed E-state index contributed by atoms with van der Waals surface area (Å²) in [4.78, 5) is 14.9. The number of aromatic amines is 1. The molecule has 1 aromatic heterocycles. The molecule has 4 nitrogen and oxygen atoms in total. The standard InChI is InChI=1S/C16H18N2O2S/c1-11(2)20-13-7-5-12(6-8-13)10-18-15(19)14-4-3-9-17-16(14)21/h3-9,11H,10H2,1-2H3,(H,17,21)(H,18,19). The Morgan fingerprint density at radius 3 is 2.62 bits per heavy atom. The number of pyridine rings is 1. The van der Waals surface area contributed by atoms with Crippen LogP contribution in [0.4, 0.5) is 0 Å². The minimum Gasteiger partial charge on any atom is -0.491 e. The van der Waals surface area contributed by atoms with Crippen LogP contribution in [0.25, 0.3) is 0 Å². The Morgan fingerprint density at radius 1 is 1.29 bits per heavy atom. The number of rotatable bonds is 5. The van der Waals surface area contributed by atoms with E-state index in [0.717, 1.165) is 11.3 Å². The van der Waals surface area contributed by atoms with Gasteiger partial charge in [0.15, 0.2) is 0 Å². The minimum absolute atomic E-state index is 0.148. The van der Waals surface area contributed by atoms with Crippen molar-refractivity contribution >= 4 is 18.1 Å². The van der Waals surface area contributed by atoms with Gasteiger partial charge in [0.2, 0.25) is 0 Å². The predicted octanol–water partition coefficient (Wildman–Crippen LogP) is 3.46. The van der Waals surface area contributed by atoms with Gasteiger partial charge in [-0.1, -0.05) is 24.4 Å². The van der Waals surface area contributed by atoms with Crippen molar-refractivity contribution in [3.8, 4) is 5.75 Å². The first-order valence-corrected chi connectivity index (χ1v) is 7.18. The number of benzene rings is 1. The fourth-order valence-electron chi connectivity index (χ4n) is 1.84. The van der Waals surface area contributed by atoms with Gasteiger partial charge in [-0.25, -0.2) is 0 Å². The van der Waals surface area contributed by atoms with Crippen LogP contribution in [0.1, 0.15) is 29.8 Å². The Balaban J connectivity index is 1.95. The van der Waals surface area contributed by atoms with Gasteiger partial charge >= 0.3 is 0 Å². The molecule has 0 saturated heterocycles. The number of hydrogen-bond donors (Lipinski definition) is 2. The van der Waals surface area contributed by atoms with Gasteiger partial charge in [0.25, 0.3) is 5.91 Å². The zero-order valence-corrected chi connectivity index (χ0v) is 12.9. The fourth-order valence-corrected chi connectivity index (χ4v) is 2.06. The van der Waals surface area contributed by atoms with Crippen LogP contribution in [0.15, 0.2) is 42.6 Å². The van der Waals surface area contributed by atoms with Crippen molar-refractivity contribution in [3.05, 3.63) is 58.4 Å². The molecule has 0 radical (unpaired) electrons. The second kappa shape index (κ2) is 7.04. The zero-order chi connectivity index (χ0) is 15.2. The van der Waals surface area contributed by atoms with Crippen LogP contribution >= 0.6 is 12.2 Å². The first kappa shape index (κ1) is 15.3. The average molecular weight is 302 g/mol. The summed E-state index contributed by atoms with van der Waals surface area (Å²) in [6.07, 6.45) is 1.85. The Hall–Kier alpha value is -2.14. The highest BCUT2D eigenvalue weighted by molar-refractivity contribution is 7.71. The second-order valence-corrected chi connectivity index (χ2v) is 5.31. The predicted molar refractivity (Wildman–Crippen MR) is 85.0 cm³/mol. The molecule has 0 spiro atoms. The second-order valence-electron chi connectivity index (χ2n) is 4.91. The zero-order valence-electron chi connectivity index (χ0n) is 12.1. The van der Waals surface area contributed by atoms with Crippen molar-refractivity contribution in [2.24, 2.45) is 0 Å². The van der Waals surface area contributed by atoms with Gasteiger partial charge in [0.1, 0.15) is 10.4 Å². The van der Waals surface area contributed by atoms with Gasteiger partial charge in [0, 0.05) is 12.7 Å². The van der Waals surface area contributed by atoms with Crippen LogP contribution in [0.5, 0.6) is 5.75 Å². The lowest BCUT2D eigenvalue weighted by atomic mass is 10.2. The summed E-state index contributed by atoms with van der Waals surface area (Å²) < 4.78 is 6.02. The van der Waals surface area contributed by atoms with E-state index in [1.807, 2.05) is 38.1 Å². The molecule has 0 fully saturated rings. The van der Waals surface area contributed by atoms with Crippen molar-refractivity contribution < 1.29 is 9.53 Å². The highest BCUT2D eigenvalue weighted by Gasteiger charge is 2.07. The number of H-pyrrole nitrogens is 1. The molecular weight excluding hydrogens is 284 g/mol. The molecule has 21 heavy (non-hydrogen) atoms. The quantitative estimate of drug-likeness (QED) is 0.832. The van der Waals surface area contributed by atoms with E-state index in [0.29, 0.717) is 16.7 Å². The summed E-state index contributed by atoms with van der Waals surface area (Å²) in [7, 11) is 0. The molecule has 0 aliphatic rings. The van der Waals surface area contributed by atoms with Crippen LogP contribution in [0.3, 0.4) is 0 Å². The average Bonchev–Trinajstić information content (AvgIpc) is 2.46. The molecule has 0 aliphatic carbocycles. The summed E-state index contributed by atoms with van der Waals surface area (Å²) in [6.45, 7) is 4.42. The summed E-state index contributed by atoms with van der Waals surface area (Å²) in [5, 5.41) is 2.85. The first-order valence-electron chi connectivity index (χ1n) is 6.78. The lowest BCUT2D eigenvalue weighted by Crippen LogP contribution is -2.23. The van der Waals surface area contributed by atoms with Crippen molar-refractivity contribution in [2.45, 2.75) is 26.5 Å². The lowest BCUT2D eigenvalue weighted by Gasteiger charge is -2.10. The molecule has 0 unspecified atom stereocenters. The highest BCUT2D eigenvalue weighted by Crippen LogP contribution is 2.13. The summed E-state index contributed by atoms with van der Waals surface area (Å²) in [5.41, 5.74) is 1.48. The molecule has 2 rings (SSSR count). The van der Waals surface area contributed by atoms with Gasteiger partial charge in [-0.15, -0.1) is 0 Å². The molecule has 0 saturated carbocycles. The van der Waals surface area contributed by atoms with E-state index in [1.165, 1.54) is 0 Å². The number of nitrogens with one attached hydrogen (secondary N) is 2. The van der Waals surface area contributed by atoms with Crippen LogP contribution < -0.4 is 10.1 Å². The molecule has 5 heteroatoms. The smallest absolute Gasteiger partial charge is 0.254 e. The lowest BCUT2D eigenvalue weighted by molar-refractivity contribution is 0.0950. The van der Waals surface area contributed by atoms with Crippen LogP contribution in [0.2, 0.25) is 0 Å². The molecule has 2 N–H and O–H groups in total. The normalized spacial score (nSPS) is 10.4. The fraction of sp³-hybridized carbons (Fsp3) is 0.250. The SMILES string of the molecule is CC(C)Oc1ccc(CNC(=O)c2ccc[nH]c2=S)cc1. The Kier molecular flexibility index (Phi) is 5.11. The van der Waals surface area contributed by atoms with Gasteiger partial charge in [-0.2, -0.15) is 0 Å². The van der Waals surface area contributed by atoms with E-state index in [9.17, 15) is 4.79 Å². The number of aromatic nitrogens is 1. The number of ether oxygens (including phenoxy) is 1. The molecule has 0 aliphatic heterocycles. The monoisotopic (exact) mass is 302 g/mol. The van der Waals surface area contributed by atoms with E-state index >= 15 is 0 Å². The maximum Gasteiger partial charge on any atom is 0.254 e. The number of hydrogen-bond acceptors (Lipinski definition) is 3. The molecule has 1 amide bonds. The third kappa shape index (κ3) is 4.43. The topological polar surface area (TPSA) is 54.1 Å². The number of carbonyl (C=O) groups excluding carboxylic acids is 1. The van der Waals surface area contributed by atoms with E-state index in [-0.39, 0.29) is 12.0 Å². The van der Waals surface area contributed by atoms with Crippen LogP contribution in [-0.2, 0) is 6.54 Å². The summed E-state index contributed by atoms with van der Waals surface area (Å²) in [6, 6.07) is 11.1. The molecule has 1 heterocycles. The van der Waals surface area contributed by atoms with Crippen LogP contribution in [0, 0.1) is 4.64 Å². The van der Waals surface area contributed by atoms with Crippen molar-refractivity contribution in [1.29, 1.82) is 0 Å². The maximum absolute atomic E-state index is 12.0. The van der Waals surface area contributed by atoms with E-state index < -0.39 is 0 Å². The third-order valence-electron chi connectivity index (χ3n) is 2.81.